The molecule has 12 aromatic carbocycles. The van der Waals surface area contributed by atoms with Crippen molar-refractivity contribution in [1.82, 2.24) is 0 Å². The van der Waals surface area contributed by atoms with E-state index in [1.54, 1.807) is 12.1 Å². The molecule has 0 amide bonds. The fraction of sp³-hybridized carbons (Fsp3) is 0.0732. The van der Waals surface area contributed by atoms with Crippen molar-refractivity contribution >= 4 is 68.2 Å². The molecule has 0 saturated heterocycles. The average Bonchev–Trinajstić information content (AvgIpc) is 1.63. The van der Waals surface area contributed by atoms with Crippen molar-refractivity contribution in [1.29, 1.82) is 0 Å². The molecule has 0 fully saturated rings. The highest BCUT2D eigenvalue weighted by molar-refractivity contribution is 6.19. The van der Waals surface area contributed by atoms with Crippen molar-refractivity contribution in [2.75, 3.05) is 9.80 Å². The van der Waals surface area contributed by atoms with Gasteiger partial charge in [-0.2, -0.15) is 0 Å². The molecule has 1 aromatic heterocycles. The normalized spacial score (nSPS) is 15.4. The van der Waals surface area contributed by atoms with E-state index < -0.39 is 34.1 Å². The highest BCUT2D eigenvalue weighted by atomic mass is 19.2. The Hall–Kier alpha value is -10.8. The number of benzene rings is 12. The molecule has 13 aromatic rings. The van der Waals surface area contributed by atoms with E-state index in [2.05, 4.69) is 199 Å². The van der Waals surface area contributed by atoms with Crippen molar-refractivity contribution in [3.05, 3.63) is 357 Å². The molecule has 0 saturated carbocycles. The molecular weight excluding hydrogens is 1100 g/mol. The Balaban J connectivity index is 1.01. The lowest BCUT2D eigenvalue weighted by Crippen LogP contribution is -2.30. The minimum absolute atomic E-state index is 0.353. The van der Waals surface area contributed by atoms with Crippen LogP contribution >= 0.6 is 0 Å². The number of fused-ring (bicyclic) bond motifs is 9. The van der Waals surface area contributed by atoms with Crippen LogP contribution in [0.2, 0.25) is 0 Å². The fourth-order valence-corrected chi connectivity index (χ4v) is 14.7. The van der Waals surface area contributed by atoms with Gasteiger partial charge in [0.25, 0.3) is 0 Å². The molecule has 1 heterocycles. The number of rotatable bonds is 12. The summed E-state index contributed by atoms with van der Waals surface area (Å²) >= 11 is 0. The number of anilines is 6. The maximum Gasteiger partial charge on any atom is 0.160 e. The molecule has 0 radical (unpaired) electrons. The van der Waals surface area contributed by atoms with Crippen LogP contribution in [0.25, 0.3) is 56.3 Å². The van der Waals surface area contributed by atoms with E-state index in [1.165, 1.54) is 12.1 Å². The summed E-state index contributed by atoms with van der Waals surface area (Å²) in [5, 5.41) is 1.28. The van der Waals surface area contributed by atoms with Crippen LogP contribution in [0.1, 0.15) is 77.9 Å². The zero-order chi connectivity index (χ0) is 61.0. The van der Waals surface area contributed by atoms with Crippen LogP contribution in [0.5, 0.6) is 0 Å². The van der Waals surface area contributed by atoms with Gasteiger partial charge in [-0.15, -0.1) is 0 Å². The van der Waals surface area contributed by atoms with Gasteiger partial charge in [0, 0.05) is 34.9 Å². The van der Waals surface area contributed by atoms with E-state index in [0.717, 1.165) is 112 Å². The van der Waals surface area contributed by atoms with E-state index in [4.69, 9.17) is 4.42 Å². The molecule has 0 bridgehead atoms. The van der Waals surface area contributed by atoms with Crippen molar-refractivity contribution in [2.24, 2.45) is 0 Å². The molecule has 0 N–H and O–H groups in total. The zero-order valence-corrected chi connectivity index (χ0v) is 49.5. The number of hydrogen-bond donors (Lipinski definition) is 0. The molecule has 0 aliphatic heterocycles. The third-order valence-electron chi connectivity index (χ3n) is 18.6. The standard InChI is InChI=1S/C82H58F4N2O/c1-7-53-27-31-55(32-28-53)81(67-43-49(3)23-25-51(67)5)65-17-11-9-15-61(65)63-39-35-57(45-69(63)81)87(59-37-41-71(83)73(85)47-59)75-19-13-21-77-79(75)80-76(20-14-22-78(80)89-77)88(60-38-42-72(84)74(86)48-60)58-36-40-64-62-16-10-12-18-66(62)82(70(64)46-58,56-33-29-54(8-2)30-34-56)68-44-50(4)24-26-52(68)6/h7-48H,1-2H2,3-6H3. The van der Waals surface area contributed by atoms with Gasteiger partial charge in [-0.3, -0.25) is 0 Å². The van der Waals surface area contributed by atoms with E-state index in [1.807, 2.05) is 70.5 Å². The van der Waals surface area contributed by atoms with Crippen molar-refractivity contribution in [2.45, 2.75) is 38.5 Å². The molecule has 3 nitrogen and oxygen atoms in total. The summed E-state index contributed by atoms with van der Waals surface area (Å²) in [6.07, 6.45) is 3.69. The second-order valence-corrected chi connectivity index (χ2v) is 23.6. The maximum absolute atomic E-state index is 16.2. The number of furan rings is 1. The predicted molar refractivity (Wildman–Crippen MR) is 357 cm³/mol. The number of nitrogens with zero attached hydrogens (tertiary/aromatic N) is 2. The SMILES string of the molecule is C=Cc1ccc(C2(c3cc(C)ccc3C)c3ccccc3-c3ccc(N(c4ccc(F)c(F)c4)c4cccc5oc6cccc(N(c7ccc(F)c(F)c7)c7ccc8c(c7)C(c7ccc(C=C)cc7)(c7cc(C)ccc7C)c7ccccc7-8)c6c45)cc32)cc1. The molecular formula is C82H58F4N2O. The maximum atomic E-state index is 16.2. The Kier molecular flexibility index (Phi) is 12.9. The molecule has 2 atom stereocenters. The fourth-order valence-electron chi connectivity index (χ4n) is 14.7. The average molecular weight is 1160 g/mol. The van der Waals surface area contributed by atoms with Crippen LogP contribution in [0, 0.1) is 51.0 Å². The Morgan fingerprint density at radius 1 is 0.337 bits per heavy atom. The first-order chi connectivity index (χ1) is 43.3. The van der Waals surface area contributed by atoms with Crippen LogP contribution in [0.3, 0.4) is 0 Å². The Morgan fingerprint density at radius 2 is 0.719 bits per heavy atom. The topological polar surface area (TPSA) is 19.6 Å². The predicted octanol–water partition coefficient (Wildman–Crippen LogP) is 22.3. The van der Waals surface area contributed by atoms with E-state index in [-0.39, 0.29) is 0 Å². The Labute approximate surface area is 515 Å². The molecule has 2 unspecified atom stereocenters. The number of hydrogen-bond acceptors (Lipinski definition) is 3. The Morgan fingerprint density at radius 3 is 1.12 bits per heavy atom. The first-order valence-corrected chi connectivity index (χ1v) is 29.9. The molecule has 89 heavy (non-hydrogen) atoms. The number of halogens is 4. The van der Waals surface area contributed by atoms with Gasteiger partial charge < -0.3 is 14.2 Å². The van der Waals surface area contributed by atoms with Gasteiger partial charge in [-0.1, -0.05) is 194 Å². The summed E-state index contributed by atoms with van der Waals surface area (Å²) < 4.78 is 70.2. The summed E-state index contributed by atoms with van der Waals surface area (Å²) in [7, 11) is 0. The van der Waals surface area contributed by atoms with Crippen molar-refractivity contribution in [3.8, 4) is 22.3 Å². The van der Waals surface area contributed by atoms with Crippen LogP contribution in [-0.4, -0.2) is 0 Å². The summed E-state index contributed by atoms with van der Waals surface area (Å²) in [6, 6.07) is 79.7. The zero-order valence-electron chi connectivity index (χ0n) is 49.5. The minimum atomic E-state index is -1.02. The largest absolute Gasteiger partial charge is 0.456 e. The first-order valence-electron chi connectivity index (χ1n) is 29.9. The molecule has 15 rings (SSSR count). The van der Waals surface area contributed by atoms with Crippen LogP contribution in [0.4, 0.5) is 51.7 Å². The van der Waals surface area contributed by atoms with E-state index >= 15 is 17.6 Å². The molecule has 0 spiro atoms. The van der Waals surface area contributed by atoms with Crippen LogP contribution in [-0.2, 0) is 10.8 Å². The van der Waals surface area contributed by atoms with Crippen molar-refractivity contribution in [3.63, 3.8) is 0 Å². The van der Waals surface area contributed by atoms with E-state index in [9.17, 15) is 0 Å². The van der Waals surface area contributed by atoms with Gasteiger partial charge in [-0.25, -0.2) is 17.6 Å². The molecule has 430 valence electrons. The summed E-state index contributed by atoms with van der Waals surface area (Å²) in [4.78, 5) is 3.94. The summed E-state index contributed by atoms with van der Waals surface area (Å²) in [5.41, 5.74) is 21.7. The van der Waals surface area contributed by atoms with Crippen LogP contribution in [0.15, 0.2) is 260 Å². The quantitative estimate of drug-likeness (QED) is 0.114. The van der Waals surface area contributed by atoms with Gasteiger partial charge >= 0.3 is 0 Å². The highest BCUT2D eigenvalue weighted by Gasteiger charge is 2.49. The van der Waals surface area contributed by atoms with Gasteiger partial charge in [0.15, 0.2) is 23.3 Å². The lowest BCUT2D eigenvalue weighted by Gasteiger charge is -2.36. The van der Waals surface area contributed by atoms with E-state index in [0.29, 0.717) is 56.1 Å². The van der Waals surface area contributed by atoms with Gasteiger partial charge in [0.05, 0.1) is 33.0 Å². The Bertz CT molecular complexity index is 4760. The van der Waals surface area contributed by atoms with Gasteiger partial charge in [0.2, 0.25) is 0 Å². The summed E-state index contributed by atoms with van der Waals surface area (Å²) in [5.74, 6) is -4.01. The van der Waals surface area contributed by atoms with Crippen molar-refractivity contribution < 1.29 is 22.0 Å². The van der Waals surface area contributed by atoms with Crippen LogP contribution < -0.4 is 9.80 Å². The number of aryl methyl sites for hydroxylation is 4. The third-order valence-corrected chi connectivity index (χ3v) is 18.6. The second-order valence-electron chi connectivity index (χ2n) is 23.6. The molecule has 2 aliphatic carbocycles. The molecule has 2 aliphatic rings. The monoisotopic (exact) mass is 1160 g/mol. The summed E-state index contributed by atoms with van der Waals surface area (Å²) in [6.45, 7) is 16.7. The lowest BCUT2D eigenvalue weighted by atomic mass is 9.66. The van der Waals surface area contributed by atoms with Gasteiger partial charge in [-0.05, 0) is 190 Å². The molecule has 7 heteroatoms. The second kappa shape index (κ2) is 21.0. The lowest BCUT2D eigenvalue weighted by molar-refractivity contribution is 0.509. The van der Waals surface area contributed by atoms with Gasteiger partial charge in [0.1, 0.15) is 11.2 Å². The smallest absolute Gasteiger partial charge is 0.160 e. The third kappa shape index (κ3) is 8.32. The minimum Gasteiger partial charge on any atom is -0.456 e. The highest BCUT2D eigenvalue weighted by Crippen LogP contribution is 2.61. The first kappa shape index (κ1) is 54.9.